The van der Waals surface area contributed by atoms with E-state index < -0.39 is 15.9 Å². The fourth-order valence-electron chi connectivity index (χ4n) is 2.53. The lowest BCUT2D eigenvalue weighted by Gasteiger charge is -2.13. The fourth-order valence-corrected chi connectivity index (χ4v) is 4.02. The Bertz CT molecular complexity index is 1130. The molecule has 0 spiro atoms. The predicted molar refractivity (Wildman–Crippen MR) is 118 cm³/mol. The summed E-state index contributed by atoms with van der Waals surface area (Å²) in [5.74, 6) is -0.435. The van der Waals surface area contributed by atoms with Crippen LogP contribution in [0.4, 0.5) is 0 Å². The van der Waals surface area contributed by atoms with Crippen molar-refractivity contribution in [2.24, 2.45) is 0 Å². The highest BCUT2D eigenvalue weighted by Crippen LogP contribution is 2.23. The van der Waals surface area contributed by atoms with E-state index in [0.29, 0.717) is 5.75 Å². The molecule has 3 rings (SSSR count). The van der Waals surface area contributed by atoms with Crippen LogP contribution in [0.15, 0.2) is 80.6 Å². The summed E-state index contributed by atoms with van der Waals surface area (Å²) < 4.78 is 34.7. The molecule has 8 heteroatoms. The van der Waals surface area contributed by atoms with Gasteiger partial charge in [0, 0.05) is 8.95 Å². The predicted octanol–water partition coefficient (Wildman–Crippen LogP) is 5.22. The van der Waals surface area contributed by atoms with Gasteiger partial charge in [-0.15, -0.1) is 0 Å². The monoisotopic (exact) mass is 537 g/mol. The number of hydrogen-bond acceptors (Lipinski definition) is 4. The second-order valence-corrected chi connectivity index (χ2v) is 9.82. The van der Waals surface area contributed by atoms with Crippen molar-refractivity contribution in [2.75, 3.05) is 0 Å². The molecule has 150 valence electrons. The first-order valence-corrected chi connectivity index (χ1v) is 11.6. The minimum absolute atomic E-state index is 0.00140. The van der Waals surface area contributed by atoms with Gasteiger partial charge in [0.1, 0.15) is 12.4 Å². The van der Waals surface area contributed by atoms with E-state index >= 15 is 0 Å². The van der Waals surface area contributed by atoms with Crippen LogP contribution in [0.2, 0.25) is 0 Å². The maximum Gasteiger partial charge on any atom is 0.268 e. The number of benzene rings is 3. The third-order valence-corrected chi connectivity index (χ3v) is 6.44. The Morgan fingerprint density at radius 2 is 1.52 bits per heavy atom. The molecule has 29 heavy (non-hydrogen) atoms. The molecule has 1 amide bonds. The van der Waals surface area contributed by atoms with Gasteiger partial charge in [-0.1, -0.05) is 50.1 Å². The molecule has 0 saturated carbocycles. The molecule has 0 aromatic heterocycles. The zero-order chi connectivity index (χ0) is 21.0. The van der Waals surface area contributed by atoms with Gasteiger partial charge in [-0.25, -0.2) is 13.1 Å². The molecule has 0 unspecified atom stereocenters. The molecule has 0 fully saturated rings. The minimum Gasteiger partial charge on any atom is -0.488 e. The average Bonchev–Trinajstić information content (AvgIpc) is 2.67. The molecule has 5 nitrogen and oxygen atoms in total. The number of aryl methyl sites for hydroxylation is 1. The van der Waals surface area contributed by atoms with E-state index in [1.807, 2.05) is 31.2 Å². The molecule has 0 heterocycles. The SMILES string of the molecule is Cc1ccc(C(=O)NS(=O)(=O)c2ccc(Br)cc2)c(OCc2ccc(Br)cc2)c1. The number of hydrogen-bond donors (Lipinski definition) is 1. The molecule has 3 aromatic carbocycles. The highest BCUT2D eigenvalue weighted by Gasteiger charge is 2.21. The van der Waals surface area contributed by atoms with E-state index in [4.69, 9.17) is 4.74 Å². The number of rotatable bonds is 6. The number of carbonyl (C=O) groups excluding carboxylic acids is 1. The van der Waals surface area contributed by atoms with Gasteiger partial charge in [-0.2, -0.15) is 0 Å². The molecule has 0 bridgehead atoms. The van der Waals surface area contributed by atoms with Crippen molar-refractivity contribution in [2.45, 2.75) is 18.4 Å². The lowest BCUT2D eigenvalue weighted by molar-refractivity contribution is 0.0977. The molecule has 0 radical (unpaired) electrons. The lowest BCUT2D eigenvalue weighted by atomic mass is 10.1. The smallest absolute Gasteiger partial charge is 0.268 e. The number of sulfonamides is 1. The maximum absolute atomic E-state index is 12.7. The van der Waals surface area contributed by atoms with E-state index in [-0.39, 0.29) is 17.1 Å². The Morgan fingerprint density at radius 1 is 0.931 bits per heavy atom. The fraction of sp³-hybridized carbons (Fsp3) is 0.0952. The van der Waals surface area contributed by atoms with Gasteiger partial charge in [0.05, 0.1) is 10.5 Å². The Morgan fingerprint density at radius 3 is 2.14 bits per heavy atom. The molecule has 0 aliphatic heterocycles. The summed E-state index contributed by atoms with van der Waals surface area (Å²) in [5, 5.41) is 0. The number of halogens is 2. The van der Waals surface area contributed by atoms with Crippen LogP contribution in [-0.4, -0.2) is 14.3 Å². The quantitative estimate of drug-likeness (QED) is 0.467. The van der Waals surface area contributed by atoms with Gasteiger partial charge in [0.15, 0.2) is 0 Å². The molecule has 1 N–H and O–H groups in total. The molecule has 0 aliphatic rings. The highest BCUT2D eigenvalue weighted by molar-refractivity contribution is 9.10. The number of amides is 1. The third-order valence-electron chi connectivity index (χ3n) is 4.04. The Hall–Kier alpha value is -2.16. The van der Waals surface area contributed by atoms with Gasteiger partial charge in [0.25, 0.3) is 15.9 Å². The van der Waals surface area contributed by atoms with Crippen molar-refractivity contribution in [3.05, 3.63) is 92.4 Å². The van der Waals surface area contributed by atoms with Crippen molar-refractivity contribution in [1.29, 1.82) is 0 Å². The largest absolute Gasteiger partial charge is 0.488 e. The summed E-state index contributed by atoms with van der Waals surface area (Å²) in [7, 11) is -4.00. The van der Waals surface area contributed by atoms with Crippen LogP contribution in [0.3, 0.4) is 0 Å². The normalized spacial score (nSPS) is 11.1. The van der Waals surface area contributed by atoms with E-state index in [9.17, 15) is 13.2 Å². The summed E-state index contributed by atoms with van der Waals surface area (Å²) in [6.45, 7) is 2.11. The van der Waals surface area contributed by atoms with E-state index in [2.05, 4.69) is 36.6 Å². The third kappa shape index (κ3) is 5.68. The van der Waals surface area contributed by atoms with Gasteiger partial charge in [-0.05, 0) is 66.6 Å². The molecule has 0 saturated heterocycles. The zero-order valence-electron chi connectivity index (χ0n) is 15.4. The first kappa shape index (κ1) is 21.5. The van der Waals surface area contributed by atoms with Crippen LogP contribution in [0.1, 0.15) is 21.5 Å². The molecule has 0 atom stereocenters. The van der Waals surface area contributed by atoms with Crippen LogP contribution in [0, 0.1) is 6.92 Å². The standard InChI is InChI=1S/C21H17Br2NO4S/c1-14-2-11-19(20(12-14)28-13-15-3-5-16(22)6-4-15)21(25)24-29(26,27)18-9-7-17(23)8-10-18/h2-12H,13H2,1H3,(H,24,25). The van der Waals surface area contributed by atoms with Crippen molar-refractivity contribution in [3.63, 3.8) is 0 Å². The number of ether oxygens (including phenoxy) is 1. The average molecular weight is 539 g/mol. The zero-order valence-corrected chi connectivity index (χ0v) is 19.3. The van der Waals surface area contributed by atoms with Crippen molar-refractivity contribution in [1.82, 2.24) is 4.72 Å². The Labute approximate surface area is 186 Å². The van der Waals surface area contributed by atoms with Gasteiger partial charge < -0.3 is 4.74 Å². The van der Waals surface area contributed by atoms with E-state index in [1.54, 1.807) is 30.3 Å². The molecule has 3 aromatic rings. The summed E-state index contributed by atoms with van der Waals surface area (Å²) in [5.41, 5.74) is 1.96. The summed E-state index contributed by atoms with van der Waals surface area (Å²) in [6.07, 6.45) is 0. The molecular formula is C21H17Br2NO4S. The maximum atomic E-state index is 12.7. The molecular weight excluding hydrogens is 522 g/mol. The Kier molecular flexibility index (Phi) is 6.77. The van der Waals surface area contributed by atoms with Gasteiger partial charge >= 0.3 is 0 Å². The first-order valence-electron chi connectivity index (χ1n) is 8.55. The van der Waals surface area contributed by atoms with Gasteiger partial charge in [-0.3, -0.25) is 4.79 Å². The second-order valence-electron chi connectivity index (χ2n) is 6.30. The van der Waals surface area contributed by atoms with E-state index in [0.717, 1.165) is 20.1 Å². The van der Waals surface area contributed by atoms with Crippen molar-refractivity contribution >= 4 is 47.8 Å². The van der Waals surface area contributed by atoms with Crippen LogP contribution in [0.5, 0.6) is 5.75 Å². The topological polar surface area (TPSA) is 72.5 Å². The summed E-state index contributed by atoms with van der Waals surface area (Å²) in [4.78, 5) is 12.7. The number of nitrogens with one attached hydrogen (secondary N) is 1. The van der Waals surface area contributed by atoms with Crippen LogP contribution in [0.25, 0.3) is 0 Å². The van der Waals surface area contributed by atoms with Crippen molar-refractivity contribution in [3.8, 4) is 5.75 Å². The first-order chi connectivity index (χ1) is 13.7. The summed E-state index contributed by atoms with van der Waals surface area (Å²) >= 11 is 6.63. The molecule has 0 aliphatic carbocycles. The van der Waals surface area contributed by atoms with Crippen LogP contribution < -0.4 is 9.46 Å². The Balaban J connectivity index is 1.81. The minimum atomic E-state index is -4.00. The number of carbonyl (C=O) groups is 1. The van der Waals surface area contributed by atoms with E-state index in [1.165, 1.54) is 12.1 Å². The summed E-state index contributed by atoms with van der Waals surface area (Å²) in [6, 6.07) is 18.6. The van der Waals surface area contributed by atoms with Crippen LogP contribution >= 0.6 is 31.9 Å². The van der Waals surface area contributed by atoms with Crippen molar-refractivity contribution < 1.29 is 17.9 Å². The second kappa shape index (κ2) is 9.11. The lowest BCUT2D eigenvalue weighted by Crippen LogP contribution is -2.31. The van der Waals surface area contributed by atoms with Gasteiger partial charge in [0.2, 0.25) is 0 Å². The highest BCUT2D eigenvalue weighted by atomic mass is 79.9. The van der Waals surface area contributed by atoms with Crippen LogP contribution in [-0.2, 0) is 16.6 Å².